The van der Waals surface area contributed by atoms with Crippen LogP contribution in [0.2, 0.25) is 0 Å². The van der Waals surface area contributed by atoms with Gasteiger partial charge in [-0.2, -0.15) is 0 Å². The summed E-state index contributed by atoms with van der Waals surface area (Å²) in [5, 5.41) is 13.1. The Bertz CT molecular complexity index is 323. The van der Waals surface area contributed by atoms with Crippen LogP contribution >= 0.6 is 0 Å². The summed E-state index contributed by atoms with van der Waals surface area (Å²) >= 11 is 0. The maximum absolute atomic E-state index is 9.40. The summed E-state index contributed by atoms with van der Waals surface area (Å²) < 4.78 is 5.35. The molecule has 1 saturated carbocycles. The standard InChI is InChI=1S/C15H25NO2/c1-12(8-9-14-6-4-10-18-14)16-15-7-3-2-5-13(15)11-17/h4,6,10,12-13,15-17H,2-3,5,7-9,11H2,1H3. The van der Waals surface area contributed by atoms with E-state index < -0.39 is 0 Å². The molecular weight excluding hydrogens is 226 g/mol. The number of aliphatic hydroxyl groups is 1. The van der Waals surface area contributed by atoms with Gasteiger partial charge in [-0.05, 0) is 44.2 Å². The molecule has 3 atom stereocenters. The molecule has 1 aliphatic rings. The SMILES string of the molecule is CC(CCc1ccco1)NC1CCCCC1CO. The lowest BCUT2D eigenvalue weighted by molar-refractivity contribution is 0.146. The van der Waals surface area contributed by atoms with Gasteiger partial charge in [0, 0.05) is 25.1 Å². The number of hydrogen-bond acceptors (Lipinski definition) is 3. The quantitative estimate of drug-likeness (QED) is 0.817. The van der Waals surface area contributed by atoms with Gasteiger partial charge in [-0.25, -0.2) is 0 Å². The molecule has 0 aliphatic heterocycles. The highest BCUT2D eigenvalue weighted by atomic mass is 16.3. The highest BCUT2D eigenvalue weighted by Gasteiger charge is 2.25. The number of aryl methyl sites for hydroxylation is 1. The van der Waals surface area contributed by atoms with Crippen LogP contribution in [0.25, 0.3) is 0 Å². The summed E-state index contributed by atoms with van der Waals surface area (Å²) in [5.41, 5.74) is 0. The Morgan fingerprint density at radius 2 is 2.28 bits per heavy atom. The zero-order valence-corrected chi connectivity index (χ0v) is 11.3. The third-order valence-electron chi connectivity index (χ3n) is 4.05. The predicted molar refractivity (Wildman–Crippen MR) is 72.5 cm³/mol. The fourth-order valence-corrected chi connectivity index (χ4v) is 2.91. The average molecular weight is 251 g/mol. The normalized spacial score (nSPS) is 26.1. The number of rotatable bonds is 6. The summed E-state index contributed by atoms with van der Waals surface area (Å²) in [6.07, 6.45) is 8.73. The Morgan fingerprint density at radius 1 is 1.44 bits per heavy atom. The lowest BCUT2D eigenvalue weighted by atomic mass is 9.84. The highest BCUT2D eigenvalue weighted by molar-refractivity contribution is 4.98. The van der Waals surface area contributed by atoms with Gasteiger partial charge in [0.1, 0.15) is 5.76 Å². The van der Waals surface area contributed by atoms with Gasteiger partial charge in [0.2, 0.25) is 0 Å². The molecule has 2 N–H and O–H groups in total. The molecule has 1 fully saturated rings. The molecule has 0 spiro atoms. The lowest BCUT2D eigenvalue weighted by Crippen LogP contribution is -2.44. The van der Waals surface area contributed by atoms with Crippen LogP contribution in [-0.4, -0.2) is 23.8 Å². The summed E-state index contributed by atoms with van der Waals surface area (Å²) in [4.78, 5) is 0. The van der Waals surface area contributed by atoms with Gasteiger partial charge in [-0.3, -0.25) is 0 Å². The highest BCUT2D eigenvalue weighted by Crippen LogP contribution is 2.24. The second kappa shape index (κ2) is 6.95. The molecule has 3 unspecified atom stereocenters. The van der Waals surface area contributed by atoms with Crippen molar-refractivity contribution >= 4 is 0 Å². The first-order valence-corrected chi connectivity index (χ1v) is 7.19. The number of nitrogens with one attached hydrogen (secondary N) is 1. The minimum Gasteiger partial charge on any atom is -0.469 e. The maximum Gasteiger partial charge on any atom is 0.103 e. The third-order valence-corrected chi connectivity index (χ3v) is 4.05. The lowest BCUT2D eigenvalue weighted by Gasteiger charge is -2.33. The Kier molecular flexibility index (Phi) is 5.26. The molecule has 0 aromatic carbocycles. The molecule has 102 valence electrons. The van der Waals surface area contributed by atoms with E-state index in [1.54, 1.807) is 6.26 Å². The van der Waals surface area contributed by atoms with E-state index in [-0.39, 0.29) is 0 Å². The maximum atomic E-state index is 9.40. The Morgan fingerprint density at radius 3 is 3.00 bits per heavy atom. The Hall–Kier alpha value is -0.800. The monoisotopic (exact) mass is 251 g/mol. The third kappa shape index (κ3) is 3.85. The molecule has 3 heteroatoms. The summed E-state index contributed by atoms with van der Waals surface area (Å²) in [6, 6.07) is 4.95. The largest absolute Gasteiger partial charge is 0.469 e. The van der Waals surface area contributed by atoms with Crippen molar-refractivity contribution in [1.29, 1.82) is 0 Å². The van der Waals surface area contributed by atoms with Crippen molar-refractivity contribution in [2.45, 2.75) is 57.5 Å². The molecule has 2 rings (SSSR count). The fourth-order valence-electron chi connectivity index (χ4n) is 2.91. The van der Waals surface area contributed by atoms with Crippen molar-refractivity contribution in [3.05, 3.63) is 24.2 Å². The van der Waals surface area contributed by atoms with E-state index in [1.165, 1.54) is 25.7 Å². The summed E-state index contributed by atoms with van der Waals surface area (Å²) in [6.45, 7) is 2.55. The minimum atomic E-state index is 0.322. The van der Waals surface area contributed by atoms with E-state index in [2.05, 4.69) is 12.2 Å². The van der Waals surface area contributed by atoms with Crippen molar-refractivity contribution in [3.63, 3.8) is 0 Å². The first-order chi connectivity index (χ1) is 8.79. The van der Waals surface area contributed by atoms with E-state index in [1.807, 2.05) is 12.1 Å². The van der Waals surface area contributed by atoms with Crippen LogP contribution in [-0.2, 0) is 6.42 Å². The van der Waals surface area contributed by atoms with Crippen molar-refractivity contribution < 1.29 is 9.52 Å². The van der Waals surface area contributed by atoms with Crippen molar-refractivity contribution in [1.82, 2.24) is 5.32 Å². The molecule has 0 amide bonds. The molecular formula is C15H25NO2. The van der Waals surface area contributed by atoms with Crippen molar-refractivity contribution in [3.8, 4) is 0 Å². The van der Waals surface area contributed by atoms with Gasteiger partial charge in [0.25, 0.3) is 0 Å². The first kappa shape index (κ1) is 13.6. The molecule has 1 aliphatic carbocycles. The second-order valence-electron chi connectivity index (χ2n) is 5.52. The zero-order chi connectivity index (χ0) is 12.8. The predicted octanol–water partition coefficient (Wildman–Crippen LogP) is 2.74. The zero-order valence-electron chi connectivity index (χ0n) is 11.3. The first-order valence-electron chi connectivity index (χ1n) is 7.19. The van der Waals surface area contributed by atoms with Gasteiger partial charge in [0.15, 0.2) is 0 Å². The minimum absolute atomic E-state index is 0.322. The van der Waals surface area contributed by atoms with Crippen LogP contribution in [0.4, 0.5) is 0 Å². The fraction of sp³-hybridized carbons (Fsp3) is 0.733. The smallest absolute Gasteiger partial charge is 0.103 e. The summed E-state index contributed by atoms with van der Waals surface area (Å²) in [5.74, 6) is 1.51. The molecule has 0 bridgehead atoms. The Labute approximate surface area is 110 Å². The van der Waals surface area contributed by atoms with Crippen LogP contribution in [0.3, 0.4) is 0 Å². The molecule has 3 nitrogen and oxygen atoms in total. The average Bonchev–Trinajstić information content (AvgIpc) is 2.90. The van der Waals surface area contributed by atoms with Gasteiger partial charge in [-0.15, -0.1) is 0 Å². The molecule has 1 heterocycles. The molecule has 1 aromatic rings. The molecule has 0 radical (unpaired) electrons. The molecule has 1 aromatic heterocycles. The number of furan rings is 1. The van der Waals surface area contributed by atoms with Crippen LogP contribution in [0.15, 0.2) is 22.8 Å². The van der Waals surface area contributed by atoms with Gasteiger partial charge in [-0.1, -0.05) is 12.8 Å². The van der Waals surface area contributed by atoms with E-state index in [4.69, 9.17) is 4.42 Å². The van der Waals surface area contributed by atoms with Crippen LogP contribution in [0.1, 0.15) is 44.8 Å². The van der Waals surface area contributed by atoms with Crippen LogP contribution in [0, 0.1) is 5.92 Å². The summed E-state index contributed by atoms with van der Waals surface area (Å²) in [7, 11) is 0. The number of aliphatic hydroxyl groups excluding tert-OH is 1. The molecule has 18 heavy (non-hydrogen) atoms. The van der Waals surface area contributed by atoms with E-state index in [9.17, 15) is 5.11 Å². The van der Waals surface area contributed by atoms with E-state index >= 15 is 0 Å². The van der Waals surface area contributed by atoms with Crippen molar-refractivity contribution in [2.75, 3.05) is 6.61 Å². The van der Waals surface area contributed by atoms with Crippen molar-refractivity contribution in [2.24, 2.45) is 5.92 Å². The van der Waals surface area contributed by atoms with Crippen LogP contribution in [0.5, 0.6) is 0 Å². The topological polar surface area (TPSA) is 45.4 Å². The molecule has 0 saturated heterocycles. The van der Waals surface area contributed by atoms with Gasteiger partial charge >= 0.3 is 0 Å². The van der Waals surface area contributed by atoms with Gasteiger partial charge < -0.3 is 14.8 Å². The Balaban J connectivity index is 1.73. The number of hydrogen-bond donors (Lipinski definition) is 2. The van der Waals surface area contributed by atoms with E-state index in [0.29, 0.717) is 24.6 Å². The van der Waals surface area contributed by atoms with Gasteiger partial charge in [0.05, 0.1) is 6.26 Å². The second-order valence-corrected chi connectivity index (χ2v) is 5.52. The van der Waals surface area contributed by atoms with Crippen LogP contribution < -0.4 is 5.32 Å². The van der Waals surface area contributed by atoms with E-state index in [0.717, 1.165) is 18.6 Å².